The highest BCUT2D eigenvalue weighted by Crippen LogP contribution is 2.28. The number of nitro groups is 1. The van der Waals surface area contributed by atoms with Crippen molar-refractivity contribution >= 4 is 45.3 Å². The number of hydrogen-bond donors (Lipinski definition) is 1. The summed E-state index contributed by atoms with van der Waals surface area (Å²) in [7, 11) is 0. The first-order valence-electron chi connectivity index (χ1n) is 9.70. The number of hydrogen-bond acceptors (Lipinski definition) is 6. The number of ketones is 1. The molecule has 0 bridgehead atoms. The molecule has 0 aliphatic rings. The topological polar surface area (TPSA) is 98.5 Å². The Hall–Kier alpha value is -2.39. The molecule has 166 valence electrons. The Bertz CT molecular complexity index is 911. The lowest BCUT2D eigenvalue weighted by Gasteiger charge is -2.22. The second-order valence-corrected chi connectivity index (χ2v) is 10.1. The molecule has 0 saturated heterocycles. The highest BCUT2D eigenvalue weighted by molar-refractivity contribution is 9.10. The van der Waals surface area contributed by atoms with Crippen LogP contribution in [-0.4, -0.2) is 34.2 Å². The molecule has 2 rings (SSSR count). The number of halogens is 1. The summed E-state index contributed by atoms with van der Waals surface area (Å²) in [6.07, 6.45) is 0.301. The van der Waals surface area contributed by atoms with Crippen molar-refractivity contribution in [2.24, 2.45) is 0 Å². The van der Waals surface area contributed by atoms with E-state index in [-0.39, 0.29) is 16.7 Å². The Labute approximate surface area is 194 Å². The van der Waals surface area contributed by atoms with E-state index in [0.29, 0.717) is 24.9 Å². The summed E-state index contributed by atoms with van der Waals surface area (Å²) in [6, 6.07) is 13.4. The number of alkyl carbamates (subject to hydrolysis) is 1. The Morgan fingerprint density at radius 1 is 1.13 bits per heavy atom. The second kappa shape index (κ2) is 11.3. The molecular weight excluding hydrogens is 484 g/mol. The fourth-order valence-electron chi connectivity index (χ4n) is 2.63. The molecule has 0 aliphatic heterocycles. The zero-order valence-electron chi connectivity index (χ0n) is 17.6. The molecular formula is C22H25BrN2O5S. The van der Waals surface area contributed by atoms with Gasteiger partial charge >= 0.3 is 6.09 Å². The number of carbonyl (C=O) groups excluding carboxylic acids is 2. The molecule has 1 N–H and O–H groups in total. The third-order valence-electron chi connectivity index (χ3n) is 4.08. The van der Waals surface area contributed by atoms with Gasteiger partial charge < -0.3 is 10.1 Å². The summed E-state index contributed by atoms with van der Waals surface area (Å²) in [5, 5.41) is 13.5. The van der Waals surface area contributed by atoms with Gasteiger partial charge in [0.05, 0.1) is 4.92 Å². The monoisotopic (exact) mass is 508 g/mol. The number of benzene rings is 2. The van der Waals surface area contributed by atoms with E-state index in [1.165, 1.54) is 23.9 Å². The fourth-order valence-corrected chi connectivity index (χ4v) is 3.97. The fraction of sp³-hybridized carbons (Fsp3) is 0.364. The van der Waals surface area contributed by atoms with Gasteiger partial charge in [0.1, 0.15) is 5.60 Å². The van der Waals surface area contributed by atoms with Gasteiger partial charge in [-0.15, -0.1) is 11.8 Å². The van der Waals surface area contributed by atoms with E-state index in [2.05, 4.69) is 21.2 Å². The van der Waals surface area contributed by atoms with Gasteiger partial charge in [-0.25, -0.2) is 4.79 Å². The maximum atomic E-state index is 12.5. The van der Waals surface area contributed by atoms with Gasteiger partial charge in [-0.1, -0.05) is 28.1 Å². The molecule has 1 amide bonds. The van der Waals surface area contributed by atoms with Gasteiger partial charge in [0.15, 0.2) is 5.78 Å². The van der Waals surface area contributed by atoms with Crippen LogP contribution in [-0.2, 0) is 4.74 Å². The minimum Gasteiger partial charge on any atom is -0.444 e. The summed E-state index contributed by atoms with van der Waals surface area (Å²) < 4.78 is 6.18. The quantitative estimate of drug-likeness (QED) is 0.193. The Kier molecular flexibility index (Phi) is 9.06. The van der Waals surface area contributed by atoms with Gasteiger partial charge in [0.2, 0.25) is 0 Å². The number of amides is 1. The number of nitrogens with zero attached hydrogens (tertiary/aromatic N) is 1. The number of ether oxygens (including phenoxy) is 1. The predicted molar refractivity (Wildman–Crippen MR) is 125 cm³/mol. The van der Waals surface area contributed by atoms with Crippen molar-refractivity contribution in [3.05, 3.63) is 68.7 Å². The summed E-state index contributed by atoms with van der Waals surface area (Å²) >= 11 is 4.81. The lowest BCUT2D eigenvalue weighted by molar-refractivity contribution is -0.384. The summed E-state index contributed by atoms with van der Waals surface area (Å²) in [6.45, 7) is 5.65. The van der Waals surface area contributed by atoms with Crippen LogP contribution in [0.25, 0.3) is 0 Å². The summed E-state index contributed by atoms with van der Waals surface area (Å²) in [5.74, 6) is 0.0130. The third kappa shape index (κ3) is 9.10. The standard InChI is InChI=1S/C22H25BrN2O5S/c1-22(2,3)30-21(27)24-14-19(31-18-10-8-17(9-11-18)25(28)29)12-13-20(26)15-4-6-16(23)7-5-15/h4-11,19H,12-14H2,1-3H3,(H,24,27). The first-order chi connectivity index (χ1) is 14.5. The van der Waals surface area contributed by atoms with Gasteiger partial charge in [0.25, 0.3) is 5.69 Å². The number of nitrogens with one attached hydrogen (secondary N) is 1. The van der Waals surface area contributed by atoms with E-state index in [1.54, 1.807) is 45.0 Å². The molecule has 0 aromatic heterocycles. The Balaban J connectivity index is 2.03. The molecule has 0 fully saturated rings. The Morgan fingerprint density at radius 2 is 1.74 bits per heavy atom. The first kappa shape index (κ1) is 24.9. The number of non-ortho nitro benzene ring substituents is 1. The van der Waals surface area contributed by atoms with Crippen molar-refractivity contribution in [2.45, 2.75) is 49.4 Å². The van der Waals surface area contributed by atoms with Crippen LogP contribution in [0, 0.1) is 10.1 Å². The predicted octanol–water partition coefficient (Wildman–Crippen LogP) is 6.01. The zero-order valence-corrected chi connectivity index (χ0v) is 20.0. The Morgan fingerprint density at radius 3 is 2.29 bits per heavy atom. The van der Waals surface area contributed by atoms with E-state index >= 15 is 0 Å². The third-order valence-corrected chi connectivity index (χ3v) is 5.89. The molecule has 0 saturated carbocycles. The van der Waals surface area contributed by atoms with Gasteiger partial charge in [-0.2, -0.15) is 0 Å². The molecule has 1 atom stereocenters. The van der Waals surface area contributed by atoms with Crippen LogP contribution in [0.2, 0.25) is 0 Å². The normalized spacial score (nSPS) is 12.1. The minimum absolute atomic E-state index is 0.0122. The maximum Gasteiger partial charge on any atom is 0.407 e. The SMILES string of the molecule is CC(C)(C)OC(=O)NCC(CCC(=O)c1ccc(Br)cc1)Sc1ccc([N+](=O)[O-])cc1. The lowest BCUT2D eigenvalue weighted by atomic mass is 10.1. The summed E-state index contributed by atoms with van der Waals surface area (Å²) in [5.41, 5.74) is 0.0309. The number of thioether (sulfide) groups is 1. The minimum atomic E-state index is -0.608. The zero-order chi connectivity index (χ0) is 23.0. The second-order valence-electron chi connectivity index (χ2n) is 7.84. The average molecular weight is 509 g/mol. The largest absolute Gasteiger partial charge is 0.444 e. The molecule has 0 aliphatic carbocycles. The molecule has 1 unspecified atom stereocenters. The molecule has 0 radical (unpaired) electrons. The number of rotatable bonds is 9. The van der Waals surface area contributed by atoms with Crippen LogP contribution in [0.15, 0.2) is 57.9 Å². The van der Waals surface area contributed by atoms with Crippen LogP contribution < -0.4 is 5.32 Å². The molecule has 31 heavy (non-hydrogen) atoms. The van der Waals surface area contributed by atoms with Gasteiger partial charge in [0, 0.05) is 45.3 Å². The number of carbonyl (C=O) groups is 2. The van der Waals surface area contributed by atoms with Crippen molar-refractivity contribution in [1.29, 1.82) is 0 Å². The first-order valence-corrected chi connectivity index (χ1v) is 11.4. The highest BCUT2D eigenvalue weighted by Gasteiger charge is 2.19. The van der Waals surface area contributed by atoms with E-state index in [4.69, 9.17) is 4.74 Å². The van der Waals surface area contributed by atoms with Crippen LogP contribution in [0.1, 0.15) is 44.0 Å². The van der Waals surface area contributed by atoms with Crippen LogP contribution >= 0.6 is 27.7 Å². The average Bonchev–Trinajstić information content (AvgIpc) is 2.69. The molecule has 2 aromatic rings. The van der Waals surface area contributed by atoms with E-state index < -0.39 is 16.6 Å². The number of Topliss-reactive ketones (excluding diaryl/α,β-unsaturated/α-hetero) is 1. The highest BCUT2D eigenvalue weighted by atomic mass is 79.9. The van der Waals surface area contributed by atoms with E-state index in [9.17, 15) is 19.7 Å². The van der Waals surface area contributed by atoms with Crippen molar-refractivity contribution in [3.8, 4) is 0 Å². The lowest BCUT2D eigenvalue weighted by Crippen LogP contribution is -2.36. The van der Waals surface area contributed by atoms with Gasteiger partial charge in [-0.3, -0.25) is 14.9 Å². The molecule has 0 spiro atoms. The number of nitro benzene ring substituents is 1. The van der Waals surface area contributed by atoms with E-state index in [1.807, 2.05) is 12.1 Å². The smallest absolute Gasteiger partial charge is 0.407 e. The van der Waals surface area contributed by atoms with Gasteiger partial charge in [-0.05, 0) is 51.5 Å². The van der Waals surface area contributed by atoms with Crippen LogP contribution in [0.3, 0.4) is 0 Å². The van der Waals surface area contributed by atoms with E-state index in [0.717, 1.165) is 9.37 Å². The van der Waals surface area contributed by atoms with Crippen molar-refractivity contribution in [3.63, 3.8) is 0 Å². The van der Waals surface area contributed by atoms with Crippen LogP contribution in [0.4, 0.5) is 10.5 Å². The molecule has 2 aromatic carbocycles. The van der Waals surface area contributed by atoms with Crippen LogP contribution in [0.5, 0.6) is 0 Å². The maximum absolute atomic E-state index is 12.5. The van der Waals surface area contributed by atoms with Crippen molar-refractivity contribution in [2.75, 3.05) is 6.54 Å². The molecule has 9 heteroatoms. The molecule has 0 heterocycles. The molecule has 7 nitrogen and oxygen atoms in total. The summed E-state index contributed by atoms with van der Waals surface area (Å²) in [4.78, 5) is 35.8. The van der Waals surface area contributed by atoms with Crippen molar-refractivity contribution in [1.82, 2.24) is 5.32 Å². The van der Waals surface area contributed by atoms with Crippen molar-refractivity contribution < 1.29 is 19.2 Å².